The van der Waals surface area contributed by atoms with Crippen LogP contribution in [0.15, 0.2) is 97.1 Å². The Balaban J connectivity index is 0.000000389. The summed E-state index contributed by atoms with van der Waals surface area (Å²) in [5.41, 5.74) is 6.05. The summed E-state index contributed by atoms with van der Waals surface area (Å²) in [7, 11) is 0. The summed E-state index contributed by atoms with van der Waals surface area (Å²) in [6.45, 7) is 8.81. The fraction of sp³-hybridized carbons (Fsp3) is 0.267. The molecule has 0 nitrogen and oxygen atoms in total. The van der Waals surface area contributed by atoms with Crippen molar-refractivity contribution in [3.05, 3.63) is 131 Å². The average Bonchev–Trinajstić information content (AvgIpc) is 3.51. The van der Waals surface area contributed by atoms with E-state index in [0.29, 0.717) is 0 Å². The predicted molar refractivity (Wildman–Crippen MR) is 132 cm³/mol. The maximum atomic E-state index is 2.89. The van der Waals surface area contributed by atoms with Gasteiger partial charge in [0.25, 0.3) is 0 Å². The van der Waals surface area contributed by atoms with Gasteiger partial charge in [0.05, 0.1) is 0 Å². The van der Waals surface area contributed by atoms with Gasteiger partial charge in [0.1, 0.15) is 0 Å². The second-order valence-electron chi connectivity index (χ2n) is 6.72. The summed E-state index contributed by atoms with van der Waals surface area (Å²) in [5.74, 6) is 0. The second kappa shape index (κ2) is 19.8. The SMILES string of the molecule is CCc1ccc[c-]1CC.CCc1ccc[c-]1CC.[Ti+4].[c-]1ccccc1.[c-]1ccccc1. The molecule has 0 heterocycles. The molecule has 0 atom stereocenters. The molecule has 31 heavy (non-hydrogen) atoms. The Labute approximate surface area is 206 Å². The van der Waals surface area contributed by atoms with Crippen molar-refractivity contribution in [2.45, 2.75) is 53.4 Å². The van der Waals surface area contributed by atoms with Gasteiger partial charge in [-0.2, -0.15) is 107 Å². The summed E-state index contributed by atoms with van der Waals surface area (Å²) >= 11 is 0. The summed E-state index contributed by atoms with van der Waals surface area (Å²) < 4.78 is 0. The van der Waals surface area contributed by atoms with Gasteiger partial charge in [0.2, 0.25) is 0 Å². The fourth-order valence-corrected chi connectivity index (χ4v) is 3.05. The molecule has 0 N–H and O–H groups in total. The molecular formula is C30H36Ti. The van der Waals surface area contributed by atoms with Crippen LogP contribution in [0.25, 0.3) is 0 Å². The molecule has 160 valence electrons. The molecule has 0 aliphatic heterocycles. The molecule has 0 fully saturated rings. The summed E-state index contributed by atoms with van der Waals surface area (Å²) in [6, 6.07) is 38.1. The van der Waals surface area contributed by atoms with E-state index in [4.69, 9.17) is 0 Å². The van der Waals surface area contributed by atoms with Gasteiger partial charge in [0, 0.05) is 0 Å². The predicted octanol–water partition coefficient (Wildman–Crippen LogP) is 8.03. The molecule has 0 unspecified atom stereocenters. The van der Waals surface area contributed by atoms with Crippen LogP contribution in [0.2, 0.25) is 0 Å². The van der Waals surface area contributed by atoms with Gasteiger partial charge in [-0.05, 0) is 0 Å². The molecular weight excluding hydrogens is 408 g/mol. The van der Waals surface area contributed by atoms with Crippen LogP contribution in [0.1, 0.15) is 49.9 Å². The van der Waals surface area contributed by atoms with Crippen molar-refractivity contribution in [2.24, 2.45) is 0 Å². The molecule has 0 aliphatic carbocycles. The standard InChI is InChI=1S/2C9H13.2C6H5.Ti/c2*1-3-8-6-5-7-9(8)4-2;2*1-2-4-6-5-3-1;/h2*5-7H,3-4H2,1-2H3;2*1-5H;/q4*-1;+4. The summed E-state index contributed by atoms with van der Waals surface area (Å²) in [6.07, 6.45) is 4.71. The zero-order valence-electron chi connectivity index (χ0n) is 19.6. The van der Waals surface area contributed by atoms with E-state index < -0.39 is 0 Å². The smallest absolute Gasteiger partial charge is 0.213 e. The second-order valence-corrected chi connectivity index (χ2v) is 6.72. The quantitative estimate of drug-likeness (QED) is 0.221. The Morgan fingerprint density at radius 1 is 0.548 bits per heavy atom. The first kappa shape index (κ1) is 28.9. The Hall–Kier alpha value is -2.15. The topological polar surface area (TPSA) is 0 Å². The van der Waals surface area contributed by atoms with Crippen LogP contribution in [0.4, 0.5) is 0 Å². The Morgan fingerprint density at radius 3 is 1.06 bits per heavy atom. The normalized spacial score (nSPS) is 8.90. The Bertz CT molecular complexity index is 676. The monoisotopic (exact) mass is 444 g/mol. The third-order valence-corrected chi connectivity index (χ3v) is 4.75. The third kappa shape index (κ3) is 13.0. The third-order valence-electron chi connectivity index (χ3n) is 4.75. The van der Waals surface area contributed by atoms with E-state index in [1.807, 2.05) is 60.7 Å². The minimum Gasteiger partial charge on any atom is -0.213 e. The van der Waals surface area contributed by atoms with E-state index >= 15 is 0 Å². The molecule has 4 rings (SSSR count). The van der Waals surface area contributed by atoms with E-state index in [0.717, 1.165) is 0 Å². The van der Waals surface area contributed by atoms with Crippen LogP contribution < -0.4 is 0 Å². The van der Waals surface area contributed by atoms with Gasteiger partial charge >= 0.3 is 21.7 Å². The Morgan fingerprint density at radius 2 is 0.903 bits per heavy atom. The molecule has 4 aromatic carbocycles. The van der Waals surface area contributed by atoms with Crippen molar-refractivity contribution in [1.82, 2.24) is 0 Å². The van der Waals surface area contributed by atoms with Crippen molar-refractivity contribution in [3.63, 3.8) is 0 Å². The number of hydrogen-bond donors (Lipinski definition) is 0. The average molecular weight is 444 g/mol. The first-order valence-electron chi connectivity index (χ1n) is 11.1. The van der Waals surface area contributed by atoms with Crippen LogP contribution in [-0.2, 0) is 47.4 Å². The van der Waals surface area contributed by atoms with Crippen molar-refractivity contribution in [3.8, 4) is 0 Å². The largest absolute Gasteiger partial charge is 4.00 e. The summed E-state index contributed by atoms with van der Waals surface area (Å²) in [4.78, 5) is 0. The van der Waals surface area contributed by atoms with E-state index in [1.165, 1.54) is 47.9 Å². The summed E-state index contributed by atoms with van der Waals surface area (Å²) in [5, 5.41) is 0. The maximum absolute atomic E-state index is 2.89. The fourth-order valence-electron chi connectivity index (χ4n) is 3.05. The number of rotatable bonds is 4. The Kier molecular flexibility index (Phi) is 18.4. The first-order valence-corrected chi connectivity index (χ1v) is 11.1. The number of hydrogen-bond acceptors (Lipinski definition) is 0. The molecule has 0 amide bonds. The minimum atomic E-state index is 0. The van der Waals surface area contributed by atoms with Crippen LogP contribution in [0.3, 0.4) is 0 Å². The zero-order valence-corrected chi connectivity index (χ0v) is 21.1. The molecule has 0 bridgehead atoms. The van der Waals surface area contributed by atoms with Crippen LogP contribution in [-0.4, -0.2) is 0 Å². The number of benzene rings is 2. The van der Waals surface area contributed by atoms with Crippen molar-refractivity contribution >= 4 is 0 Å². The molecule has 0 saturated carbocycles. The molecule has 0 aliphatic rings. The maximum Gasteiger partial charge on any atom is 4.00 e. The molecule has 0 spiro atoms. The first-order chi connectivity index (χ1) is 14.8. The molecule has 0 saturated heterocycles. The van der Waals surface area contributed by atoms with Crippen LogP contribution in [0.5, 0.6) is 0 Å². The van der Waals surface area contributed by atoms with Gasteiger partial charge in [-0.3, -0.25) is 0 Å². The van der Waals surface area contributed by atoms with E-state index in [9.17, 15) is 0 Å². The molecule has 0 radical (unpaired) electrons. The molecule has 4 aromatic rings. The van der Waals surface area contributed by atoms with Gasteiger partial charge in [-0.25, -0.2) is 24.3 Å². The van der Waals surface area contributed by atoms with Gasteiger partial charge < -0.3 is 0 Å². The van der Waals surface area contributed by atoms with E-state index in [2.05, 4.69) is 76.2 Å². The van der Waals surface area contributed by atoms with Crippen molar-refractivity contribution < 1.29 is 21.7 Å². The minimum absolute atomic E-state index is 0. The van der Waals surface area contributed by atoms with Gasteiger partial charge in [0.15, 0.2) is 0 Å². The van der Waals surface area contributed by atoms with Gasteiger partial charge in [-0.1, -0.05) is 53.4 Å². The molecule has 1 heteroatoms. The van der Waals surface area contributed by atoms with E-state index in [-0.39, 0.29) is 21.7 Å². The van der Waals surface area contributed by atoms with Gasteiger partial charge in [-0.15, -0.1) is 0 Å². The van der Waals surface area contributed by atoms with Crippen molar-refractivity contribution in [1.29, 1.82) is 0 Å². The van der Waals surface area contributed by atoms with Crippen LogP contribution >= 0.6 is 0 Å². The van der Waals surface area contributed by atoms with Crippen molar-refractivity contribution in [2.75, 3.05) is 0 Å². The number of aryl methyl sites for hydroxylation is 4. The zero-order chi connectivity index (χ0) is 21.9. The van der Waals surface area contributed by atoms with E-state index in [1.54, 1.807) is 0 Å². The van der Waals surface area contributed by atoms with Crippen LogP contribution in [0, 0.1) is 12.1 Å². The molecule has 0 aromatic heterocycles.